The molecule has 0 atom stereocenters. The zero-order chi connectivity index (χ0) is 14.3. The Morgan fingerprint density at radius 1 is 1.20 bits per heavy atom. The van der Waals surface area contributed by atoms with Crippen LogP contribution in [0.5, 0.6) is 0 Å². The summed E-state index contributed by atoms with van der Waals surface area (Å²) in [5, 5.41) is 0.324. The lowest BCUT2D eigenvalue weighted by molar-refractivity contribution is 0.732. The molecule has 2 heterocycles. The molecule has 0 unspecified atom stereocenters. The average Bonchev–Trinajstić information content (AvgIpc) is 2.81. The molecule has 0 N–H and O–H groups in total. The van der Waals surface area contributed by atoms with Gasteiger partial charge in [-0.05, 0) is 18.1 Å². The van der Waals surface area contributed by atoms with Gasteiger partial charge in [0.2, 0.25) is 0 Å². The SMILES string of the molecule is CC(C)c1cc2ncc(Cl)n2c(=O)n1-c1ccccc1. The molecular formula is C15H14ClN3O. The smallest absolute Gasteiger partial charge is 0.266 e. The van der Waals surface area contributed by atoms with Crippen LogP contribution in [0.4, 0.5) is 0 Å². The maximum absolute atomic E-state index is 12.7. The lowest BCUT2D eigenvalue weighted by atomic mass is 10.1. The lowest BCUT2D eigenvalue weighted by Gasteiger charge is -2.16. The molecule has 4 nitrogen and oxygen atoms in total. The van der Waals surface area contributed by atoms with Crippen LogP contribution in [-0.4, -0.2) is 14.0 Å². The molecule has 5 heteroatoms. The summed E-state index contributed by atoms with van der Waals surface area (Å²) in [6.45, 7) is 4.10. The van der Waals surface area contributed by atoms with Crippen molar-refractivity contribution in [2.75, 3.05) is 0 Å². The largest absolute Gasteiger partial charge is 0.339 e. The third kappa shape index (κ3) is 1.93. The van der Waals surface area contributed by atoms with Crippen molar-refractivity contribution in [3.63, 3.8) is 0 Å². The van der Waals surface area contributed by atoms with Crippen molar-refractivity contribution in [2.24, 2.45) is 0 Å². The summed E-state index contributed by atoms with van der Waals surface area (Å²) in [6, 6.07) is 11.5. The van der Waals surface area contributed by atoms with E-state index in [1.165, 1.54) is 10.6 Å². The molecular weight excluding hydrogens is 274 g/mol. The quantitative estimate of drug-likeness (QED) is 0.726. The number of para-hydroxylation sites is 1. The van der Waals surface area contributed by atoms with Crippen LogP contribution in [0, 0.1) is 0 Å². The van der Waals surface area contributed by atoms with Crippen LogP contribution in [0.2, 0.25) is 5.15 Å². The van der Waals surface area contributed by atoms with Gasteiger partial charge < -0.3 is 0 Å². The normalized spacial score (nSPS) is 11.4. The molecule has 0 aliphatic rings. The first-order valence-electron chi connectivity index (χ1n) is 6.44. The second kappa shape index (κ2) is 4.80. The average molecular weight is 288 g/mol. The Bertz CT molecular complexity index is 818. The summed E-state index contributed by atoms with van der Waals surface area (Å²) < 4.78 is 3.10. The van der Waals surface area contributed by atoms with E-state index in [1.54, 1.807) is 4.57 Å². The molecule has 3 aromatic rings. The summed E-state index contributed by atoms with van der Waals surface area (Å²) in [7, 11) is 0. The number of aromatic nitrogens is 3. The first-order valence-corrected chi connectivity index (χ1v) is 6.81. The Morgan fingerprint density at radius 3 is 2.55 bits per heavy atom. The molecule has 0 amide bonds. The highest BCUT2D eigenvalue weighted by Crippen LogP contribution is 2.20. The minimum Gasteiger partial charge on any atom is -0.266 e. The molecule has 0 saturated carbocycles. The summed E-state index contributed by atoms with van der Waals surface area (Å²) in [5.41, 5.74) is 2.12. The number of imidazole rings is 1. The highest BCUT2D eigenvalue weighted by atomic mass is 35.5. The monoisotopic (exact) mass is 287 g/mol. The first-order chi connectivity index (χ1) is 9.59. The van der Waals surface area contributed by atoms with Gasteiger partial charge in [0, 0.05) is 11.8 Å². The van der Waals surface area contributed by atoms with Crippen molar-refractivity contribution < 1.29 is 0 Å². The predicted molar refractivity (Wildman–Crippen MR) is 79.9 cm³/mol. The molecule has 102 valence electrons. The number of fused-ring (bicyclic) bond motifs is 1. The Labute approximate surface area is 121 Å². The van der Waals surface area contributed by atoms with Crippen molar-refractivity contribution in [1.29, 1.82) is 0 Å². The number of hydrogen-bond donors (Lipinski definition) is 0. The van der Waals surface area contributed by atoms with E-state index in [-0.39, 0.29) is 11.6 Å². The number of halogens is 1. The highest BCUT2D eigenvalue weighted by molar-refractivity contribution is 6.29. The van der Waals surface area contributed by atoms with Crippen LogP contribution in [-0.2, 0) is 0 Å². The second-order valence-corrected chi connectivity index (χ2v) is 5.34. The highest BCUT2D eigenvalue weighted by Gasteiger charge is 2.15. The zero-order valence-corrected chi connectivity index (χ0v) is 12.0. The van der Waals surface area contributed by atoms with Crippen molar-refractivity contribution in [3.05, 3.63) is 63.9 Å². The molecule has 0 fully saturated rings. The van der Waals surface area contributed by atoms with Gasteiger partial charge in [-0.2, -0.15) is 0 Å². The zero-order valence-electron chi connectivity index (χ0n) is 11.2. The standard InChI is InChI=1S/C15H14ClN3O/c1-10(2)12-8-14-17-9-13(16)19(14)15(20)18(12)11-6-4-3-5-7-11/h3-10H,1-2H3. The molecule has 1 aromatic carbocycles. The van der Waals surface area contributed by atoms with E-state index in [0.717, 1.165) is 11.4 Å². The molecule has 0 aliphatic carbocycles. The lowest BCUT2D eigenvalue weighted by Crippen LogP contribution is -2.28. The Morgan fingerprint density at radius 2 is 1.90 bits per heavy atom. The maximum Gasteiger partial charge on any atom is 0.339 e. The molecule has 0 radical (unpaired) electrons. The van der Waals surface area contributed by atoms with E-state index >= 15 is 0 Å². The van der Waals surface area contributed by atoms with Crippen LogP contribution in [0.3, 0.4) is 0 Å². The first kappa shape index (κ1) is 12.9. The van der Waals surface area contributed by atoms with E-state index in [1.807, 2.05) is 36.4 Å². The third-order valence-corrected chi connectivity index (χ3v) is 3.54. The van der Waals surface area contributed by atoms with Crippen LogP contribution < -0.4 is 5.69 Å². The summed E-state index contributed by atoms with van der Waals surface area (Å²) in [4.78, 5) is 16.9. The van der Waals surface area contributed by atoms with Gasteiger partial charge >= 0.3 is 5.69 Å². The van der Waals surface area contributed by atoms with Gasteiger partial charge in [0.25, 0.3) is 0 Å². The van der Waals surface area contributed by atoms with Crippen LogP contribution in [0.1, 0.15) is 25.5 Å². The minimum absolute atomic E-state index is 0.195. The Balaban J connectivity index is 2.45. The number of benzene rings is 1. The van der Waals surface area contributed by atoms with Crippen molar-refractivity contribution >= 4 is 17.2 Å². The predicted octanol–water partition coefficient (Wildman–Crippen LogP) is 3.26. The van der Waals surface area contributed by atoms with Crippen LogP contribution in [0.25, 0.3) is 11.3 Å². The summed E-state index contributed by atoms with van der Waals surface area (Å²) in [5.74, 6) is 0.198. The fourth-order valence-corrected chi connectivity index (χ4v) is 2.51. The van der Waals surface area contributed by atoms with Crippen molar-refractivity contribution in [2.45, 2.75) is 19.8 Å². The van der Waals surface area contributed by atoms with E-state index in [4.69, 9.17) is 11.6 Å². The van der Waals surface area contributed by atoms with Gasteiger partial charge in [0.1, 0.15) is 10.8 Å². The van der Waals surface area contributed by atoms with E-state index < -0.39 is 0 Å². The molecule has 0 spiro atoms. The molecule has 0 bridgehead atoms. The van der Waals surface area contributed by atoms with E-state index in [9.17, 15) is 4.79 Å². The molecule has 0 saturated heterocycles. The Kier molecular flexibility index (Phi) is 3.10. The second-order valence-electron chi connectivity index (χ2n) is 4.95. The molecule has 3 rings (SSSR count). The van der Waals surface area contributed by atoms with Crippen molar-refractivity contribution in [3.8, 4) is 5.69 Å². The van der Waals surface area contributed by atoms with Gasteiger partial charge in [0.15, 0.2) is 0 Å². The van der Waals surface area contributed by atoms with Gasteiger partial charge in [-0.3, -0.25) is 4.57 Å². The van der Waals surface area contributed by atoms with Gasteiger partial charge in [-0.25, -0.2) is 14.2 Å². The van der Waals surface area contributed by atoms with Crippen LogP contribution >= 0.6 is 11.6 Å². The van der Waals surface area contributed by atoms with Crippen molar-refractivity contribution in [1.82, 2.24) is 14.0 Å². The van der Waals surface area contributed by atoms with Crippen LogP contribution in [0.15, 0.2) is 47.4 Å². The Hall–Kier alpha value is -2.07. The van der Waals surface area contributed by atoms with E-state index in [2.05, 4.69) is 18.8 Å². The third-order valence-electron chi connectivity index (χ3n) is 3.27. The number of nitrogens with zero attached hydrogens (tertiary/aromatic N) is 3. The maximum atomic E-state index is 12.7. The summed E-state index contributed by atoms with van der Waals surface area (Å²) in [6.07, 6.45) is 1.50. The molecule has 2 aromatic heterocycles. The van der Waals surface area contributed by atoms with Gasteiger partial charge in [-0.15, -0.1) is 0 Å². The fraction of sp³-hybridized carbons (Fsp3) is 0.200. The number of rotatable bonds is 2. The molecule has 20 heavy (non-hydrogen) atoms. The topological polar surface area (TPSA) is 39.3 Å². The van der Waals surface area contributed by atoms with Gasteiger partial charge in [0.05, 0.1) is 11.9 Å². The van der Waals surface area contributed by atoms with Gasteiger partial charge in [-0.1, -0.05) is 43.6 Å². The number of hydrogen-bond acceptors (Lipinski definition) is 2. The fourth-order valence-electron chi connectivity index (χ4n) is 2.30. The van der Waals surface area contributed by atoms with E-state index in [0.29, 0.717) is 10.8 Å². The minimum atomic E-state index is -0.195. The molecule has 0 aliphatic heterocycles. The summed E-state index contributed by atoms with van der Waals surface area (Å²) >= 11 is 6.06.